The summed E-state index contributed by atoms with van der Waals surface area (Å²) in [6.45, 7) is 2.18. The van der Waals surface area contributed by atoms with Crippen LogP contribution in [-0.2, 0) is 11.2 Å². The Morgan fingerprint density at radius 1 is 1.30 bits per heavy atom. The molecule has 1 N–H and O–H groups in total. The monoisotopic (exact) mass is 276 g/mol. The zero-order valence-electron chi connectivity index (χ0n) is 12.4. The molecule has 0 aliphatic carbocycles. The maximum absolute atomic E-state index is 11.9. The van der Waals surface area contributed by atoms with Gasteiger partial charge in [0.25, 0.3) is 0 Å². The Hall–Kier alpha value is -1.77. The highest BCUT2D eigenvalue weighted by molar-refractivity contribution is 5.82. The number of methoxy groups -OCH3 is 1. The maximum Gasteiger partial charge on any atom is 0.141 e. The zero-order chi connectivity index (χ0) is 14.8. The molecule has 1 aromatic rings. The SMILES string of the molecule is CCCCCC=CCC(=O)Cc1ccc(O)cc1OC. The number of allylic oxidation sites excluding steroid dienone is 2. The predicted octanol–water partition coefficient (Wildman–Crippen LogP) is 4.04. The molecule has 0 unspecified atom stereocenters. The summed E-state index contributed by atoms with van der Waals surface area (Å²) in [5, 5.41) is 9.37. The van der Waals surface area contributed by atoms with Crippen molar-refractivity contribution in [3.63, 3.8) is 0 Å². The maximum atomic E-state index is 11.9. The van der Waals surface area contributed by atoms with E-state index in [-0.39, 0.29) is 11.5 Å². The van der Waals surface area contributed by atoms with Crippen molar-refractivity contribution in [2.45, 2.75) is 45.4 Å². The highest BCUT2D eigenvalue weighted by Crippen LogP contribution is 2.24. The number of unbranched alkanes of at least 4 members (excludes halogenated alkanes) is 3. The van der Waals surface area contributed by atoms with Crippen LogP contribution in [0.2, 0.25) is 0 Å². The summed E-state index contributed by atoms with van der Waals surface area (Å²) in [4.78, 5) is 11.9. The molecule has 3 heteroatoms. The van der Waals surface area contributed by atoms with Crippen LogP contribution in [0.25, 0.3) is 0 Å². The van der Waals surface area contributed by atoms with Crippen LogP contribution in [0.1, 0.15) is 44.6 Å². The lowest BCUT2D eigenvalue weighted by Gasteiger charge is -2.07. The minimum Gasteiger partial charge on any atom is -0.508 e. The van der Waals surface area contributed by atoms with Gasteiger partial charge in [-0.3, -0.25) is 4.79 Å². The van der Waals surface area contributed by atoms with Gasteiger partial charge in [0.2, 0.25) is 0 Å². The second-order valence-electron chi connectivity index (χ2n) is 4.88. The van der Waals surface area contributed by atoms with Gasteiger partial charge in [0.1, 0.15) is 17.3 Å². The Balaban J connectivity index is 2.42. The molecule has 0 aliphatic heterocycles. The van der Waals surface area contributed by atoms with E-state index < -0.39 is 0 Å². The van der Waals surface area contributed by atoms with Gasteiger partial charge in [0.05, 0.1) is 7.11 Å². The number of hydrogen-bond acceptors (Lipinski definition) is 3. The fourth-order valence-corrected chi connectivity index (χ4v) is 2.01. The summed E-state index contributed by atoms with van der Waals surface area (Å²) in [7, 11) is 1.54. The van der Waals surface area contributed by atoms with Gasteiger partial charge < -0.3 is 9.84 Å². The standard InChI is InChI=1S/C17H24O3/c1-3-4-5-6-7-8-9-15(18)12-14-10-11-16(19)13-17(14)20-2/h7-8,10-11,13,19H,3-6,9,12H2,1-2H3. The number of phenolic OH excluding ortho intramolecular Hbond substituents is 1. The second-order valence-corrected chi connectivity index (χ2v) is 4.88. The Bertz CT molecular complexity index is 450. The highest BCUT2D eigenvalue weighted by atomic mass is 16.5. The lowest BCUT2D eigenvalue weighted by Crippen LogP contribution is -2.02. The first-order valence-corrected chi connectivity index (χ1v) is 7.20. The molecule has 1 rings (SSSR count). The fraction of sp³-hybridized carbons (Fsp3) is 0.471. The van der Waals surface area contributed by atoms with Crippen LogP contribution in [0, 0.1) is 0 Å². The number of hydrogen-bond donors (Lipinski definition) is 1. The van der Waals surface area contributed by atoms with Crippen LogP contribution in [-0.4, -0.2) is 18.0 Å². The predicted molar refractivity (Wildman–Crippen MR) is 81.3 cm³/mol. The van der Waals surface area contributed by atoms with Crippen molar-refractivity contribution in [2.75, 3.05) is 7.11 Å². The van der Waals surface area contributed by atoms with Crippen LogP contribution >= 0.6 is 0 Å². The third-order valence-corrected chi connectivity index (χ3v) is 3.14. The molecule has 0 saturated heterocycles. The number of aromatic hydroxyl groups is 1. The molecule has 0 heterocycles. The molecule has 0 aromatic heterocycles. The van der Waals surface area contributed by atoms with E-state index in [2.05, 4.69) is 13.0 Å². The lowest BCUT2D eigenvalue weighted by molar-refractivity contribution is -0.117. The van der Waals surface area contributed by atoms with Crippen molar-refractivity contribution in [2.24, 2.45) is 0 Å². The molecule has 0 fully saturated rings. The van der Waals surface area contributed by atoms with Crippen LogP contribution in [0.15, 0.2) is 30.4 Å². The molecular weight excluding hydrogens is 252 g/mol. The molecule has 0 bridgehead atoms. The van der Waals surface area contributed by atoms with Crippen molar-refractivity contribution in [1.82, 2.24) is 0 Å². The zero-order valence-corrected chi connectivity index (χ0v) is 12.4. The summed E-state index contributed by atoms with van der Waals surface area (Å²) in [5.41, 5.74) is 0.815. The molecule has 3 nitrogen and oxygen atoms in total. The molecule has 110 valence electrons. The Morgan fingerprint density at radius 2 is 2.10 bits per heavy atom. The van der Waals surface area contributed by atoms with Crippen LogP contribution in [0.3, 0.4) is 0 Å². The van der Waals surface area contributed by atoms with Gasteiger partial charge in [0, 0.05) is 24.5 Å². The average molecular weight is 276 g/mol. The molecular formula is C17H24O3. The topological polar surface area (TPSA) is 46.5 Å². The Kier molecular flexibility index (Phi) is 7.48. The smallest absolute Gasteiger partial charge is 0.141 e. The van der Waals surface area contributed by atoms with E-state index in [0.717, 1.165) is 12.0 Å². The Labute approximate surface area is 121 Å². The van der Waals surface area contributed by atoms with Crippen molar-refractivity contribution in [3.8, 4) is 11.5 Å². The number of phenols is 1. The van der Waals surface area contributed by atoms with E-state index in [9.17, 15) is 9.90 Å². The number of rotatable bonds is 9. The second kappa shape index (κ2) is 9.18. The van der Waals surface area contributed by atoms with E-state index in [1.165, 1.54) is 32.4 Å². The normalized spacial score (nSPS) is 10.9. The van der Waals surface area contributed by atoms with Crippen molar-refractivity contribution < 1.29 is 14.6 Å². The number of carbonyl (C=O) groups is 1. The molecule has 0 aliphatic rings. The van der Waals surface area contributed by atoms with Gasteiger partial charge in [-0.25, -0.2) is 0 Å². The first-order valence-electron chi connectivity index (χ1n) is 7.20. The summed E-state index contributed by atoms with van der Waals surface area (Å²) in [5.74, 6) is 0.861. The van der Waals surface area contributed by atoms with Gasteiger partial charge in [-0.1, -0.05) is 38.0 Å². The minimum absolute atomic E-state index is 0.147. The van der Waals surface area contributed by atoms with E-state index in [4.69, 9.17) is 4.74 Å². The average Bonchev–Trinajstić information content (AvgIpc) is 2.44. The number of carbonyl (C=O) groups excluding carboxylic acids is 1. The molecule has 0 amide bonds. The van der Waals surface area contributed by atoms with Crippen LogP contribution < -0.4 is 4.74 Å². The first-order chi connectivity index (χ1) is 9.67. The molecule has 20 heavy (non-hydrogen) atoms. The van der Waals surface area contributed by atoms with E-state index >= 15 is 0 Å². The van der Waals surface area contributed by atoms with Crippen molar-refractivity contribution in [1.29, 1.82) is 0 Å². The third-order valence-electron chi connectivity index (χ3n) is 3.14. The molecule has 0 spiro atoms. The molecule has 1 aromatic carbocycles. The van der Waals surface area contributed by atoms with Gasteiger partial charge in [-0.2, -0.15) is 0 Å². The highest BCUT2D eigenvalue weighted by Gasteiger charge is 2.08. The number of benzene rings is 1. The quantitative estimate of drug-likeness (QED) is 0.547. The Morgan fingerprint density at radius 3 is 2.80 bits per heavy atom. The van der Waals surface area contributed by atoms with Gasteiger partial charge >= 0.3 is 0 Å². The van der Waals surface area contributed by atoms with Crippen molar-refractivity contribution >= 4 is 5.78 Å². The molecule has 0 radical (unpaired) electrons. The first kappa shape index (κ1) is 16.3. The van der Waals surface area contributed by atoms with Crippen LogP contribution in [0.5, 0.6) is 11.5 Å². The third kappa shape index (κ3) is 5.91. The van der Waals surface area contributed by atoms with Gasteiger partial charge in [0.15, 0.2) is 0 Å². The lowest BCUT2D eigenvalue weighted by atomic mass is 10.1. The van der Waals surface area contributed by atoms with Gasteiger partial charge in [-0.15, -0.1) is 0 Å². The summed E-state index contributed by atoms with van der Waals surface area (Å²) in [6.07, 6.45) is 9.51. The van der Waals surface area contributed by atoms with Crippen molar-refractivity contribution in [3.05, 3.63) is 35.9 Å². The fourth-order valence-electron chi connectivity index (χ4n) is 2.01. The minimum atomic E-state index is 0.147. The number of ketones is 1. The number of ether oxygens (including phenoxy) is 1. The summed E-state index contributed by atoms with van der Waals surface area (Å²) < 4.78 is 5.17. The summed E-state index contributed by atoms with van der Waals surface area (Å²) >= 11 is 0. The van der Waals surface area contributed by atoms with Crippen LogP contribution in [0.4, 0.5) is 0 Å². The largest absolute Gasteiger partial charge is 0.508 e. The number of Topliss-reactive ketones (excluding diaryl/α,β-unsaturated/α-hetero) is 1. The summed E-state index contributed by atoms with van der Waals surface area (Å²) in [6, 6.07) is 4.84. The van der Waals surface area contributed by atoms with Gasteiger partial charge in [-0.05, 0) is 18.9 Å². The van der Waals surface area contributed by atoms with E-state index in [1.807, 2.05) is 6.08 Å². The van der Waals surface area contributed by atoms with E-state index in [1.54, 1.807) is 12.1 Å². The molecule has 0 saturated carbocycles. The molecule has 0 atom stereocenters. The van der Waals surface area contributed by atoms with E-state index in [0.29, 0.717) is 18.6 Å².